The Balaban J connectivity index is 2.58. The molecule has 0 saturated heterocycles. The van der Waals surface area contributed by atoms with Gasteiger partial charge in [-0.05, 0) is 44.6 Å². The van der Waals surface area contributed by atoms with E-state index in [0.29, 0.717) is 30.7 Å². The molecule has 0 bridgehead atoms. The van der Waals surface area contributed by atoms with Crippen molar-refractivity contribution in [1.82, 2.24) is 5.32 Å². The van der Waals surface area contributed by atoms with Gasteiger partial charge in [-0.1, -0.05) is 0 Å². The fourth-order valence-corrected chi connectivity index (χ4v) is 1.94. The molecule has 0 aliphatic rings. The summed E-state index contributed by atoms with van der Waals surface area (Å²) < 4.78 is 16.1. The Morgan fingerprint density at radius 2 is 1.86 bits per heavy atom. The van der Waals surface area contributed by atoms with Gasteiger partial charge in [-0.3, -0.25) is 0 Å². The second kappa shape index (κ2) is 10.2. The number of hydrogen-bond donors (Lipinski definition) is 2. The van der Waals surface area contributed by atoms with Crippen LogP contribution in [-0.4, -0.2) is 38.6 Å². The van der Waals surface area contributed by atoms with Crippen LogP contribution in [0.25, 0.3) is 0 Å². The zero-order valence-corrected chi connectivity index (χ0v) is 13.7. The van der Waals surface area contributed by atoms with Crippen molar-refractivity contribution in [1.29, 1.82) is 0 Å². The zero-order chi connectivity index (χ0) is 15.5. The Hall–Kier alpha value is -1.53. The molecule has 0 fully saturated rings. The van der Waals surface area contributed by atoms with Crippen LogP contribution in [0, 0.1) is 0 Å². The number of anilines is 1. The largest absolute Gasteiger partial charge is 0.490 e. The fourth-order valence-electron chi connectivity index (χ4n) is 1.72. The third-order valence-corrected chi connectivity index (χ3v) is 2.86. The van der Waals surface area contributed by atoms with Crippen molar-refractivity contribution >= 4 is 23.0 Å². The third-order valence-electron chi connectivity index (χ3n) is 2.61. The lowest BCUT2D eigenvalue weighted by Crippen LogP contribution is -2.29. The van der Waals surface area contributed by atoms with Gasteiger partial charge in [-0.2, -0.15) is 0 Å². The second-order valence-electron chi connectivity index (χ2n) is 4.25. The van der Waals surface area contributed by atoms with E-state index in [1.54, 1.807) is 7.11 Å². The molecule has 0 unspecified atom stereocenters. The smallest absolute Gasteiger partial charge is 0.170 e. The summed E-state index contributed by atoms with van der Waals surface area (Å²) in [7, 11) is 1.69. The molecule has 0 aromatic heterocycles. The van der Waals surface area contributed by atoms with Crippen molar-refractivity contribution in [2.24, 2.45) is 0 Å². The van der Waals surface area contributed by atoms with E-state index in [1.807, 2.05) is 32.0 Å². The first kappa shape index (κ1) is 17.5. The van der Waals surface area contributed by atoms with Crippen molar-refractivity contribution < 1.29 is 14.2 Å². The van der Waals surface area contributed by atoms with Crippen LogP contribution in [0.15, 0.2) is 18.2 Å². The molecule has 0 heterocycles. The number of nitrogens with one attached hydrogen (secondary N) is 2. The molecule has 0 spiro atoms. The summed E-state index contributed by atoms with van der Waals surface area (Å²) in [6, 6.07) is 5.68. The summed E-state index contributed by atoms with van der Waals surface area (Å²) in [4.78, 5) is 0. The van der Waals surface area contributed by atoms with E-state index in [9.17, 15) is 0 Å². The molecule has 1 aromatic rings. The number of rotatable bonds is 9. The summed E-state index contributed by atoms with van der Waals surface area (Å²) in [6.45, 7) is 6.57. The van der Waals surface area contributed by atoms with Gasteiger partial charge in [0.05, 0.1) is 13.2 Å². The Bertz CT molecular complexity index is 441. The van der Waals surface area contributed by atoms with Crippen LogP contribution in [0.4, 0.5) is 5.69 Å². The standard InChI is InChI=1S/C15H24N2O3S/c1-4-19-13-8-7-12(11-14(13)20-5-2)17-15(21)16-9-6-10-18-3/h7-8,11H,4-6,9-10H2,1-3H3,(H2,16,17,21). The minimum Gasteiger partial charge on any atom is -0.490 e. The van der Waals surface area contributed by atoms with Gasteiger partial charge in [0.25, 0.3) is 0 Å². The number of thiocarbonyl (C=S) groups is 1. The monoisotopic (exact) mass is 312 g/mol. The predicted molar refractivity (Wildman–Crippen MR) is 89.5 cm³/mol. The van der Waals surface area contributed by atoms with Gasteiger partial charge in [0.2, 0.25) is 0 Å². The van der Waals surface area contributed by atoms with Gasteiger partial charge >= 0.3 is 0 Å². The summed E-state index contributed by atoms with van der Waals surface area (Å²) in [5.74, 6) is 1.45. The van der Waals surface area contributed by atoms with E-state index < -0.39 is 0 Å². The van der Waals surface area contributed by atoms with Crippen LogP contribution in [0.2, 0.25) is 0 Å². The fraction of sp³-hybridized carbons (Fsp3) is 0.533. The van der Waals surface area contributed by atoms with Crippen molar-refractivity contribution in [2.75, 3.05) is 38.8 Å². The average molecular weight is 312 g/mol. The number of benzene rings is 1. The molecule has 2 N–H and O–H groups in total. The van der Waals surface area contributed by atoms with E-state index in [4.69, 9.17) is 26.4 Å². The van der Waals surface area contributed by atoms with Crippen molar-refractivity contribution in [3.05, 3.63) is 18.2 Å². The normalized spacial score (nSPS) is 10.0. The van der Waals surface area contributed by atoms with Crippen LogP contribution < -0.4 is 20.1 Å². The first-order valence-electron chi connectivity index (χ1n) is 7.14. The topological polar surface area (TPSA) is 51.8 Å². The first-order valence-corrected chi connectivity index (χ1v) is 7.55. The molecule has 21 heavy (non-hydrogen) atoms. The van der Waals surface area contributed by atoms with Gasteiger partial charge in [-0.25, -0.2) is 0 Å². The highest BCUT2D eigenvalue weighted by Gasteiger charge is 2.07. The molecule has 0 aliphatic carbocycles. The molecule has 5 nitrogen and oxygen atoms in total. The SMILES string of the molecule is CCOc1ccc(NC(=S)NCCCOC)cc1OCC. The highest BCUT2D eigenvalue weighted by atomic mass is 32.1. The van der Waals surface area contributed by atoms with Crippen LogP contribution in [0.3, 0.4) is 0 Å². The molecule has 0 radical (unpaired) electrons. The lowest BCUT2D eigenvalue weighted by molar-refractivity contribution is 0.196. The van der Waals surface area contributed by atoms with Crippen molar-refractivity contribution in [3.63, 3.8) is 0 Å². The molecule has 118 valence electrons. The van der Waals surface area contributed by atoms with Crippen LogP contribution in [0.1, 0.15) is 20.3 Å². The van der Waals surface area contributed by atoms with Crippen molar-refractivity contribution in [2.45, 2.75) is 20.3 Å². The molecule has 0 amide bonds. The van der Waals surface area contributed by atoms with E-state index >= 15 is 0 Å². The Morgan fingerprint density at radius 3 is 2.52 bits per heavy atom. The molecule has 0 aliphatic heterocycles. The van der Waals surface area contributed by atoms with E-state index in [0.717, 1.165) is 24.4 Å². The Labute approximate surface area is 132 Å². The predicted octanol–water partition coefficient (Wildman–Crippen LogP) is 2.81. The molecular formula is C15H24N2O3S. The highest BCUT2D eigenvalue weighted by molar-refractivity contribution is 7.80. The number of ether oxygens (including phenoxy) is 3. The molecule has 0 atom stereocenters. The minimum atomic E-state index is 0.581. The van der Waals surface area contributed by atoms with Gasteiger partial charge in [0.15, 0.2) is 16.6 Å². The first-order chi connectivity index (χ1) is 10.2. The van der Waals surface area contributed by atoms with Crippen LogP contribution in [0.5, 0.6) is 11.5 Å². The Morgan fingerprint density at radius 1 is 1.14 bits per heavy atom. The quantitative estimate of drug-likeness (QED) is 0.540. The number of hydrogen-bond acceptors (Lipinski definition) is 4. The van der Waals surface area contributed by atoms with Gasteiger partial charge < -0.3 is 24.8 Å². The summed E-state index contributed by atoms with van der Waals surface area (Å²) >= 11 is 5.24. The van der Waals surface area contributed by atoms with Crippen LogP contribution >= 0.6 is 12.2 Å². The summed E-state index contributed by atoms with van der Waals surface area (Å²) in [5.41, 5.74) is 0.867. The zero-order valence-electron chi connectivity index (χ0n) is 12.9. The summed E-state index contributed by atoms with van der Waals surface area (Å²) in [6.07, 6.45) is 0.909. The number of methoxy groups -OCH3 is 1. The maximum atomic E-state index is 5.58. The third kappa shape index (κ3) is 6.64. The van der Waals surface area contributed by atoms with Crippen molar-refractivity contribution in [3.8, 4) is 11.5 Å². The van der Waals surface area contributed by atoms with E-state index in [1.165, 1.54) is 0 Å². The second-order valence-corrected chi connectivity index (χ2v) is 4.66. The van der Waals surface area contributed by atoms with Gasteiger partial charge in [0, 0.05) is 32.0 Å². The Kier molecular flexibility index (Phi) is 8.54. The average Bonchev–Trinajstić information content (AvgIpc) is 2.47. The molecule has 1 rings (SSSR count). The summed E-state index contributed by atoms with van der Waals surface area (Å²) in [5, 5.41) is 6.84. The van der Waals surface area contributed by atoms with E-state index in [2.05, 4.69) is 10.6 Å². The van der Waals surface area contributed by atoms with Gasteiger partial charge in [0.1, 0.15) is 0 Å². The van der Waals surface area contributed by atoms with Gasteiger partial charge in [-0.15, -0.1) is 0 Å². The maximum absolute atomic E-state index is 5.58. The lowest BCUT2D eigenvalue weighted by Gasteiger charge is -2.14. The molecule has 6 heteroatoms. The minimum absolute atomic E-state index is 0.581. The molecule has 0 saturated carbocycles. The molecule has 1 aromatic carbocycles. The maximum Gasteiger partial charge on any atom is 0.170 e. The highest BCUT2D eigenvalue weighted by Crippen LogP contribution is 2.30. The lowest BCUT2D eigenvalue weighted by atomic mass is 10.2. The van der Waals surface area contributed by atoms with E-state index in [-0.39, 0.29) is 0 Å². The van der Waals surface area contributed by atoms with Crippen LogP contribution in [-0.2, 0) is 4.74 Å². The molecular weight excluding hydrogens is 288 g/mol.